The molecule has 0 aliphatic carbocycles. The maximum absolute atomic E-state index is 11.0. The number of nitrogen functional groups attached to an aromatic ring is 1. The summed E-state index contributed by atoms with van der Waals surface area (Å²) in [5.74, 6) is 0. The quantitative estimate of drug-likeness (QED) is 0.654. The Hall–Kier alpha value is -2.10. The first-order valence-corrected chi connectivity index (χ1v) is 4.16. The van der Waals surface area contributed by atoms with Crippen molar-refractivity contribution in [3.63, 3.8) is 0 Å². The fourth-order valence-electron chi connectivity index (χ4n) is 1.22. The molecule has 0 aliphatic rings. The number of hydrogen-bond donors (Lipinski definition) is 2. The number of rotatable bonds is 1. The van der Waals surface area contributed by atoms with Crippen molar-refractivity contribution in [2.45, 2.75) is 0 Å². The normalized spacial score (nSPS) is 10.0. The zero-order valence-corrected chi connectivity index (χ0v) is 7.40. The van der Waals surface area contributed by atoms with Gasteiger partial charge in [0.05, 0.1) is 12.0 Å². The number of H-pyrrole nitrogens is 1. The number of aromatic nitrogens is 2. The summed E-state index contributed by atoms with van der Waals surface area (Å²) in [6, 6.07) is 8.69. The van der Waals surface area contributed by atoms with Gasteiger partial charge in [-0.25, -0.2) is 4.98 Å². The monoisotopic (exact) mass is 187 g/mol. The SMILES string of the molecule is Nc1cccc(-c2cc(=O)[nH]cn2)c1. The van der Waals surface area contributed by atoms with Crippen molar-refractivity contribution in [2.75, 3.05) is 5.73 Å². The highest BCUT2D eigenvalue weighted by atomic mass is 16.1. The van der Waals surface area contributed by atoms with Gasteiger partial charge in [-0.2, -0.15) is 0 Å². The first kappa shape index (κ1) is 8.50. The number of benzene rings is 1. The molecule has 2 aromatic rings. The lowest BCUT2D eigenvalue weighted by Crippen LogP contribution is -2.04. The van der Waals surface area contributed by atoms with E-state index < -0.39 is 0 Å². The molecule has 14 heavy (non-hydrogen) atoms. The van der Waals surface area contributed by atoms with E-state index in [0.717, 1.165) is 5.56 Å². The summed E-state index contributed by atoms with van der Waals surface area (Å²) in [6.07, 6.45) is 1.38. The van der Waals surface area contributed by atoms with Crippen LogP contribution in [-0.4, -0.2) is 9.97 Å². The van der Waals surface area contributed by atoms with Crippen LogP contribution in [-0.2, 0) is 0 Å². The van der Waals surface area contributed by atoms with Gasteiger partial charge in [-0.3, -0.25) is 4.79 Å². The fourth-order valence-corrected chi connectivity index (χ4v) is 1.22. The van der Waals surface area contributed by atoms with E-state index in [1.165, 1.54) is 12.4 Å². The summed E-state index contributed by atoms with van der Waals surface area (Å²) in [5, 5.41) is 0. The van der Waals surface area contributed by atoms with Crippen molar-refractivity contribution in [3.05, 3.63) is 47.0 Å². The molecular weight excluding hydrogens is 178 g/mol. The van der Waals surface area contributed by atoms with Crippen molar-refractivity contribution in [2.24, 2.45) is 0 Å². The number of nitrogens with one attached hydrogen (secondary N) is 1. The van der Waals surface area contributed by atoms with Crippen LogP contribution in [0.3, 0.4) is 0 Å². The maximum Gasteiger partial charge on any atom is 0.251 e. The molecule has 1 aromatic heterocycles. The lowest BCUT2D eigenvalue weighted by atomic mass is 10.1. The van der Waals surface area contributed by atoms with E-state index in [0.29, 0.717) is 11.4 Å². The zero-order valence-electron chi connectivity index (χ0n) is 7.40. The maximum atomic E-state index is 11.0. The van der Waals surface area contributed by atoms with E-state index in [9.17, 15) is 4.79 Å². The predicted molar refractivity (Wildman–Crippen MR) is 54.7 cm³/mol. The molecule has 0 saturated carbocycles. The summed E-state index contributed by atoms with van der Waals surface area (Å²) >= 11 is 0. The molecule has 0 bridgehead atoms. The standard InChI is InChI=1S/C10H9N3O/c11-8-3-1-2-7(4-8)9-5-10(14)13-6-12-9/h1-6H,11H2,(H,12,13,14). The van der Waals surface area contributed by atoms with E-state index in [-0.39, 0.29) is 5.56 Å². The zero-order chi connectivity index (χ0) is 9.97. The summed E-state index contributed by atoms with van der Waals surface area (Å²) in [7, 11) is 0. The Balaban J connectivity index is 2.55. The molecule has 0 unspecified atom stereocenters. The van der Waals surface area contributed by atoms with Crippen molar-refractivity contribution in [1.29, 1.82) is 0 Å². The second kappa shape index (κ2) is 3.33. The highest BCUT2D eigenvalue weighted by Crippen LogP contribution is 2.16. The van der Waals surface area contributed by atoms with Gasteiger partial charge in [0.1, 0.15) is 0 Å². The average molecular weight is 187 g/mol. The molecule has 0 atom stereocenters. The van der Waals surface area contributed by atoms with Crippen molar-refractivity contribution in [3.8, 4) is 11.3 Å². The van der Waals surface area contributed by atoms with Crippen molar-refractivity contribution >= 4 is 5.69 Å². The van der Waals surface area contributed by atoms with Gasteiger partial charge in [-0.1, -0.05) is 12.1 Å². The molecule has 0 radical (unpaired) electrons. The van der Waals surface area contributed by atoms with Crippen LogP contribution in [0.1, 0.15) is 0 Å². The molecule has 4 nitrogen and oxygen atoms in total. The van der Waals surface area contributed by atoms with Gasteiger partial charge in [-0.05, 0) is 12.1 Å². The van der Waals surface area contributed by atoms with Crippen LogP contribution < -0.4 is 11.3 Å². The Morgan fingerprint density at radius 3 is 2.86 bits per heavy atom. The molecule has 3 N–H and O–H groups in total. The number of anilines is 1. The Labute approximate surface area is 80.4 Å². The lowest BCUT2D eigenvalue weighted by Gasteiger charge is -1.99. The minimum Gasteiger partial charge on any atom is -0.399 e. The second-order valence-electron chi connectivity index (χ2n) is 2.92. The van der Waals surface area contributed by atoms with E-state index in [1.54, 1.807) is 12.1 Å². The van der Waals surface area contributed by atoms with E-state index in [2.05, 4.69) is 9.97 Å². The molecular formula is C10H9N3O. The minimum absolute atomic E-state index is 0.169. The van der Waals surface area contributed by atoms with Gasteiger partial charge in [0, 0.05) is 17.3 Å². The van der Waals surface area contributed by atoms with Crippen LogP contribution in [0.15, 0.2) is 41.5 Å². The van der Waals surface area contributed by atoms with Crippen molar-refractivity contribution in [1.82, 2.24) is 9.97 Å². The Kier molecular flexibility index (Phi) is 2.02. The summed E-state index contributed by atoms with van der Waals surface area (Å²) in [4.78, 5) is 17.5. The number of nitrogens with two attached hydrogens (primary N) is 1. The molecule has 0 fully saturated rings. The van der Waals surface area contributed by atoms with Crippen LogP contribution in [0.2, 0.25) is 0 Å². The van der Waals surface area contributed by atoms with Gasteiger partial charge in [0.25, 0.3) is 5.56 Å². The minimum atomic E-state index is -0.169. The molecule has 4 heteroatoms. The molecule has 0 amide bonds. The van der Waals surface area contributed by atoms with Crippen LogP contribution in [0, 0.1) is 0 Å². The summed E-state index contributed by atoms with van der Waals surface area (Å²) < 4.78 is 0. The highest BCUT2D eigenvalue weighted by molar-refractivity contribution is 5.63. The first-order valence-electron chi connectivity index (χ1n) is 4.16. The van der Waals surface area contributed by atoms with Crippen LogP contribution in [0.5, 0.6) is 0 Å². The summed E-state index contributed by atoms with van der Waals surface area (Å²) in [6.45, 7) is 0. The smallest absolute Gasteiger partial charge is 0.251 e. The Morgan fingerprint density at radius 1 is 1.29 bits per heavy atom. The molecule has 1 aromatic carbocycles. The molecule has 2 rings (SSSR count). The number of nitrogens with zero attached hydrogens (tertiary/aromatic N) is 1. The van der Waals surface area contributed by atoms with E-state index in [1.807, 2.05) is 12.1 Å². The van der Waals surface area contributed by atoms with Crippen molar-refractivity contribution < 1.29 is 0 Å². The largest absolute Gasteiger partial charge is 0.399 e. The van der Waals surface area contributed by atoms with Gasteiger partial charge in [-0.15, -0.1) is 0 Å². The fraction of sp³-hybridized carbons (Fsp3) is 0. The summed E-state index contributed by atoms with van der Waals surface area (Å²) in [5.41, 5.74) is 7.58. The second-order valence-corrected chi connectivity index (χ2v) is 2.92. The van der Waals surface area contributed by atoms with Crippen LogP contribution in [0.4, 0.5) is 5.69 Å². The molecule has 0 aliphatic heterocycles. The topological polar surface area (TPSA) is 71.8 Å². The molecule has 0 saturated heterocycles. The number of hydrogen-bond acceptors (Lipinski definition) is 3. The molecule has 0 spiro atoms. The predicted octanol–water partition coefficient (Wildman–Crippen LogP) is 1.02. The van der Waals surface area contributed by atoms with Crippen LogP contribution >= 0.6 is 0 Å². The number of aromatic amines is 1. The molecule has 1 heterocycles. The average Bonchev–Trinajstić information content (AvgIpc) is 2.18. The van der Waals surface area contributed by atoms with E-state index >= 15 is 0 Å². The Morgan fingerprint density at radius 2 is 2.14 bits per heavy atom. The first-order chi connectivity index (χ1) is 6.75. The van der Waals surface area contributed by atoms with Gasteiger partial charge >= 0.3 is 0 Å². The third-order valence-corrected chi connectivity index (χ3v) is 1.86. The van der Waals surface area contributed by atoms with Gasteiger partial charge in [0.2, 0.25) is 0 Å². The van der Waals surface area contributed by atoms with E-state index in [4.69, 9.17) is 5.73 Å². The van der Waals surface area contributed by atoms with Crippen LogP contribution in [0.25, 0.3) is 11.3 Å². The Bertz CT molecular complexity index is 504. The van der Waals surface area contributed by atoms with Gasteiger partial charge in [0.15, 0.2) is 0 Å². The highest BCUT2D eigenvalue weighted by Gasteiger charge is 1.99. The third-order valence-electron chi connectivity index (χ3n) is 1.86. The van der Waals surface area contributed by atoms with Gasteiger partial charge < -0.3 is 10.7 Å². The molecule has 70 valence electrons. The lowest BCUT2D eigenvalue weighted by molar-refractivity contribution is 1.12. The third kappa shape index (κ3) is 1.64.